The van der Waals surface area contributed by atoms with E-state index in [1.54, 1.807) is 32.0 Å². The van der Waals surface area contributed by atoms with Crippen molar-refractivity contribution in [1.82, 2.24) is 0 Å². The molecule has 0 fully saturated rings. The lowest BCUT2D eigenvalue weighted by Gasteiger charge is -2.28. The van der Waals surface area contributed by atoms with Crippen molar-refractivity contribution in [2.24, 2.45) is 5.92 Å². The predicted molar refractivity (Wildman–Crippen MR) is 105 cm³/mol. The molecule has 2 atom stereocenters. The first-order valence-corrected chi connectivity index (χ1v) is 9.19. The summed E-state index contributed by atoms with van der Waals surface area (Å²) in [6.07, 6.45) is 0. The largest absolute Gasteiger partial charge is 0.512 e. The van der Waals surface area contributed by atoms with Crippen molar-refractivity contribution >= 4 is 17.7 Å². The molecule has 160 valence electrons. The number of esters is 2. The zero-order chi connectivity index (χ0) is 22.1. The summed E-state index contributed by atoms with van der Waals surface area (Å²) in [5.41, 5.74) is 0.0724. The third kappa shape index (κ3) is 5.49. The van der Waals surface area contributed by atoms with Gasteiger partial charge in [-0.25, -0.2) is 4.79 Å². The van der Waals surface area contributed by atoms with E-state index in [2.05, 4.69) is 0 Å². The minimum Gasteiger partial charge on any atom is -0.512 e. The molecule has 0 aliphatic rings. The Balaban J connectivity index is 3.88. The topological polar surface area (TPSA) is 108 Å². The highest BCUT2D eigenvalue weighted by Gasteiger charge is 2.42. The molecule has 0 bridgehead atoms. The fraction of sp³-hybridized carbons (Fsp3) is 0.476. The molecule has 1 aromatic rings. The Bertz CT molecular complexity index is 777. The SMILES string of the molecule is CCOC(=O)/C(=C(\C)O)C(c1cccc(OC)c1OC)C(C(C)=O)C(=O)OCC. The number of benzene rings is 1. The normalized spacial score (nSPS) is 13.6. The van der Waals surface area contributed by atoms with Crippen LogP contribution in [0, 0.1) is 5.92 Å². The summed E-state index contributed by atoms with van der Waals surface area (Å²) < 4.78 is 20.9. The van der Waals surface area contributed by atoms with E-state index in [9.17, 15) is 19.5 Å². The second-order valence-corrected chi connectivity index (χ2v) is 6.12. The number of hydrogen-bond donors (Lipinski definition) is 1. The second kappa shape index (κ2) is 11.1. The van der Waals surface area contributed by atoms with Gasteiger partial charge in [-0.3, -0.25) is 9.59 Å². The monoisotopic (exact) mass is 408 g/mol. The Kier molecular flexibility index (Phi) is 9.18. The average Bonchev–Trinajstić information content (AvgIpc) is 2.66. The molecule has 0 aromatic heterocycles. The molecular formula is C21H28O8. The van der Waals surface area contributed by atoms with E-state index in [0.717, 1.165) is 0 Å². The lowest BCUT2D eigenvalue weighted by atomic mass is 9.77. The number of methoxy groups -OCH3 is 2. The van der Waals surface area contributed by atoms with Crippen molar-refractivity contribution in [2.75, 3.05) is 27.4 Å². The van der Waals surface area contributed by atoms with Crippen LogP contribution in [0.3, 0.4) is 0 Å². The summed E-state index contributed by atoms with van der Waals surface area (Å²) in [6.45, 7) is 5.81. The number of aliphatic hydroxyl groups excluding tert-OH is 1. The van der Waals surface area contributed by atoms with Gasteiger partial charge < -0.3 is 24.1 Å². The summed E-state index contributed by atoms with van der Waals surface area (Å²) in [5.74, 6) is -4.65. The van der Waals surface area contributed by atoms with Gasteiger partial charge in [-0.1, -0.05) is 12.1 Å². The zero-order valence-corrected chi connectivity index (χ0v) is 17.6. The Labute approximate surface area is 170 Å². The van der Waals surface area contributed by atoms with Crippen LogP contribution < -0.4 is 9.47 Å². The number of ketones is 1. The fourth-order valence-corrected chi connectivity index (χ4v) is 3.14. The number of aliphatic hydroxyl groups is 1. The lowest BCUT2D eigenvalue weighted by molar-refractivity contribution is -0.152. The first-order valence-electron chi connectivity index (χ1n) is 9.19. The highest BCUT2D eigenvalue weighted by atomic mass is 16.5. The first-order chi connectivity index (χ1) is 13.7. The molecule has 1 aromatic carbocycles. The van der Waals surface area contributed by atoms with E-state index >= 15 is 0 Å². The molecule has 0 saturated carbocycles. The van der Waals surface area contributed by atoms with Gasteiger partial charge in [0.25, 0.3) is 0 Å². The van der Waals surface area contributed by atoms with Crippen LogP contribution in [0.4, 0.5) is 0 Å². The van der Waals surface area contributed by atoms with Crippen LogP contribution in [0.2, 0.25) is 0 Å². The van der Waals surface area contributed by atoms with Gasteiger partial charge >= 0.3 is 11.9 Å². The molecule has 0 aliphatic heterocycles. The third-order valence-electron chi connectivity index (χ3n) is 4.28. The van der Waals surface area contributed by atoms with Gasteiger partial charge in [0.2, 0.25) is 0 Å². The van der Waals surface area contributed by atoms with Crippen LogP contribution in [0.25, 0.3) is 0 Å². The molecule has 0 saturated heterocycles. The van der Waals surface area contributed by atoms with Gasteiger partial charge in [-0.05, 0) is 33.8 Å². The number of para-hydroxylation sites is 1. The van der Waals surface area contributed by atoms with Crippen LogP contribution in [0.1, 0.15) is 39.2 Å². The molecule has 0 heterocycles. The van der Waals surface area contributed by atoms with Crippen LogP contribution in [0.15, 0.2) is 29.5 Å². The van der Waals surface area contributed by atoms with Gasteiger partial charge in [0, 0.05) is 11.5 Å². The molecule has 1 N–H and O–H groups in total. The van der Waals surface area contributed by atoms with Crippen molar-refractivity contribution in [3.63, 3.8) is 0 Å². The van der Waals surface area contributed by atoms with Crippen molar-refractivity contribution < 1.29 is 38.4 Å². The summed E-state index contributed by atoms with van der Waals surface area (Å²) in [6, 6.07) is 4.84. The molecule has 8 nitrogen and oxygen atoms in total. The summed E-state index contributed by atoms with van der Waals surface area (Å²) in [4.78, 5) is 37.9. The highest BCUT2D eigenvalue weighted by Crippen LogP contribution is 2.43. The van der Waals surface area contributed by atoms with Crippen LogP contribution >= 0.6 is 0 Å². The van der Waals surface area contributed by atoms with Crippen molar-refractivity contribution in [3.8, 4) is 11.5 Å². The minimum absolute atomic E-state index is 0.0428. The van der Waals surface area contributed by atoms with E-state index in [1.165, 1.54) is 28.1 Å². The maximum absolute atomic E-state index is 12.7. The Morgan fingerprint density at radius 2 is 1.62 bits per heavy atom. The Morgan fingerprint density at radius 1 is 1.00 bits per heavy atom. The number of carbonyl (C=O) groups is 3. The number of hydrogen-bond acceptors (Lipinski definition) is 8. The van der Waals surface area contributed by atoms with E-state index in [4.69, 9.17) is 18.9 Å². The van der Waals surface area contributed by atoms with Crippen molar-refractivity contribution in [1.29, 1.82) is 0 Å². The summed E-state index contributed by atoms with van der Waals surface area (Å²) >= 11 is 0. The standard InChI is InChI=1S/C21H28O8/c1-7-28-20(24)16(12(3)22)18(17(13(4)23)21(25)29-8-2)14-10-9-11-15(26-5)19(14)27-6/h9-11,16,18,23H,7-8H2,1-6H3/b17-13+. The van der Waals surface area contributed by atoms with Gasteiger partial charge in [0.05, 0.1) is 33.0 Å². The molecule has 8 heteroatoms. The molecule has 2 unspecified atom stereocenters. The molecule has 0 amide bonds. The quantitative estimate of drug-likeness (QED) is 0.272. The first kappa shape index (κ1) is 24.0. The minimum atomic E-state index is -1.41. The number of ether oxygens (including phenoxy) is 4. The number of allylic oxidation sites excluding steroid dienone is 1. The Hall–Kier alpha value is -3.03. The molecule has 0 aliphatic carbocycles. The van der Waals surface area contributed by atoms with Gasteiger partial charge in [0.1, 0.15) is 17.5 Å². The lowest BCUT2D eigenvalue weighted by Crippen LogP contribution is -2.34. The maximum Gasteiger partial charge on any atom is 0.338 e. The number of Topliss-reactive ketones (excluding diaryl/α,β-unsaturated/α-hetero) is 1. The second-order valence-electron chi connectivity index (χ2n) is 6.12. The highest BCUT2D eigenvalue weighted by molar-refractivity contribution is 6.02. The van der Waals surface area contributed by atoms with Gasteiger partial charge in [-0.15, -0.1) is 0 Å². The van der Waals surface area contributed by atoms with Gasteiger partial charge in [0.15, 0.2) is 11.5 Å². The smallest absolute Gasteiger partial charge is 0.338 e. The zero-order valence-electron chi connectivity index (χ0n) is 17.6. The molecular weight excluding hydrogens is 380 g/mol. The van der Waals surface area contributed by atoms with E-state index in [-0.39, 0.29) is 30.3 Å². The predicted octanol–water partition coefficient (Wildman–Crippen LogP) is 2.95. The molecule has 1 rings (SSSR count). The summed E-state index contributed by atoms with van der Waals surface area (Å²) in [7, 11) is 2.83. The van der Waals surface area contributed by atoms with Gasteiger partial charge in [-0.2, -0.15) is 0 Å². The average molecular weight is 408 g/mol. The van der Waals surface area contributed by atoms with Crippen LogP contribution in [0.5, 0.6) is 11.5 Å². The van der Waals surface area contributed by atoms with E-state index in [0.29, 0.717) is 11.3 Å². The maximum atomic E-state index is 12.7. The number of carbonyl (C=O) groups excluding carboxylic acids is 3. The van der Waals surface area contributed by atoms with Crippen molar-refractivity contribution in [2.45, 2.75) is 33.6 Å². The van der Waals surface area contributed by atoms with Crippen LogP contribution in [-0.4, -0.2) is 50.3 Å². The van der Waals surface area contributed by atoms with E-state index in [1.807, 2.05) is 0 Å². The Morgan fingerprint density at radius 3 is 2.07 bits per heavy atom. The van der Waals surface area contributed by atoms with Crippen LogP contribution in [-0.2, 0) is 23.9 Å². The molecule has 0 spiro atoms. The van der Waals surface area contributed by atoms with Crippen molar-refractivity contribution in [3.05, 3.63) is 35.1 Å². The molecule has 0 radical (unpaired) electrons. The van der Waals surface area contributed by atoms with E-state index < -0.39 is 29.6 Å². The molecule has 29 heavy (non-hydrogen) atoms. The number of rotatable bonds is 10. The fourth-order valence-electron chi connectivity index (χ4n) is 3.14. The third-order valence-corrected chi connectivity index (χ3v) is 4.28. The summed E-state index contributed by atoms with van der Waals surface area (Å²) in [5, 5.41) is 10.3.